The molecule has 0 bridgehead atoms. The molecule has 7 heteroatoms. The van der Waals surface area contributed by atoms with Gasteiger partial charge in [0.1, 0.15) is 4.90 Å². The van der Waals surface area contributed by atoms with E-state index in [0.29, 0.717) is 12.2 Å². The van der Waals surface area contributed by atoms with Gasteiger partial charge in [-0.05, 0) is 37.6 Å². The summed E-state index contributed by atoms with van der Waals surface area (Å²) in [7, 11) is -3.66. The molecule has 2 aromatic heterocycles. The van der Waals surface area contributed by atoms with Gasteiger partial charge in [-0.25, -0.2) is 13.1 Å². The molecule has 21 heavy (non-hydrogen) atoms. The van der Waals surface area contributed by atoms with Gasteiger partial charge in [0.05, 0.1) is 5.69 Å². The lowest BCUT2D eigenvalue weighted by Crippen LogP contribution is -2.27. The molecule has 0 aromatic carbocycles. The van der Waals surface area contributed by atoms with E-state index in [4.69, 9.17) is 0 Å². The largest absolute Gasteiger partial charge is 0.384 e. The van der Waals surface area contributed by atoms with Crippen LogP contribution in [0.3, 0.4) is 0 Å². The first kappa shape index (κ1) is 15.4. The van der Waals surface area contributed by atoms with Gasteiger partial charge in [0, 0.05) is 37.4 Å². The quantitative estimate of drug-likeness (QED) is 0.852. The van der Waals surface area contributed by atoms with Gasteiger partial charge in [-0.15, -0.1) is 0 Å². The predicted octanol–water partition coefficient (Wildman–Crippen LogP) is 1.95. The zero-order valence-corrected chi connectivity index (χ0v) is 12.8. The van der Waals surface area contributed by atoms with Gasteiger partial charge >= 0.3 is 0 Å². The molecule has 112 valence electrons. The summed E-state index contributed by atoms with van der Waals surface area (Å²) in [4.78, 5) is 7.97. The summed E-state index contributed by atoms with van der Waals surface area (Å²) < 4.78 is 27.7. The van der Waals surface area contributed by atoms with Crippen LogP contribution in [0.2, 0.25) is 0 Å². The fourth-order valence-electron chi connectivity index (χ4n) is 1.95. The van der Waals surface area contributed by atoms with Crippen LogP contribution in [-0.4, -0.2) is 24.9 Å². The van der Waals surface area contributed by atoms with Gasteiger partial charge in [-0.3, -0.25) is 9.97 Å². The fraction of sp³-hybridized carbons (Fsp3) is 0.286. The SMILES string of the molecule is CCNc1ccncc1S(=O)(=O)NC(C)c1ccncc1. The Morgan fingerprint density at radius 2 is 1.81 bits per heavy atom. The van der Waals surface area contributed by atoms with E-state index in [-0.39, 0.29) is 10.9 Å². The molecular weight excluding hydrogens is 288 g/mol. The Kier molecular flexibility index (Phi) is 4.87. The Balaban J connectivity index is 2.27. The number of pyridine rings is 2. The molecule has 0 radical (unpaired) electrons. The van der Waals surface area contributed by atoms with E-state index in [0.717, 1.165) is 5.56 Å². The summed E-state index contributed by atoms with van der Waals surface area (Å²) in [6.07, 6.45) is 6.17. The maximum Gasteiger partial charge on any atom is 0.244 e. The van der Waals surface area contributed by atoms with Crippen molar-refractivity contribution in [2.45, 2.75) is 24.8 Å². The standard InChI is InChI=1S/C14H18N4O2S/c1-3-17-13-6-9-16-10-14(13)21(19,20)18-11(2)12-4-7-15-8-5-12/h4-11,18H,3H2,1-2H3,(H,16,17). The molecule has 1 atom stereocenters. The summed E-state index contributed by atoms with van der Waals surface area (Å²) in [5.41, 5.74) is 1.39. The van der Waals surface area contributed by atoms with Crippen LogP contribution in [0.15, 0.2) is 47.9 Å². The number of hydrogen-bond acceptors (Lipinski definition) is 5. The molecule has 6 nitrogen and oxygen atoms in total. The molecule has 2 rings (SSSR count). The maximum absolute atomic E-state index is 12.5. The number of nitrogens with zero attached hydrogens (tertiary/aromatic N) is 2. The van der Waals surface area contributed by atoms with Gasteiger partial charge in [0.2, 0.25) is 10.0 Å². The Morgan fingerprint density at radius 3 is 2.48 bits per heavy atom. The molecule has 2 heterocycles. The third kappa shape index (κ3) is 3.77. The molecule has 2 aromatic rings. The number of sulfonamides is 1. The highest BCUT2D eigenvalue weighted by Crippen LogP contribution is 2.22. The lowest BCUT2D eigenvalue weighted by Gasteiger charge is -2.16. The minimum atomic E-state index is -3.66. The van der Waals surface area contributed by atoms with E-state index in [2.05, 4.69) is 20.0 Å². The van der Waals surface area contributed by atoms with Crippen molar-refractivity contribution < 1.29 is 8.42 Å². The highest BCUT2D eigenvalue weighted by atomic mass is 32.2. The van der Waals surface area contributed by atoms with Gasteiger partial charge in [-0.1, -0.05) is 0 Å². The average Bonchev–Trinajstić information content (AvgIpc) is 2.48. The summed E-state index contributed by atoms with van der Waals surface area (Å²) in [5.74, 6) is 0. The van der Waals surface area contributed by atoms with Crippen molar-refractivity contribution in [1.82, 2.24) is 14.7 Å². The average molecular weight is 306 g/mol. The van der Waals surface area contributed by atoms with Crippen LogP contribution in [0.4, 0.5) is 5.69 Å². The molecular formula is C14H18N4O2S. The number of hydrogen-bond donors (Lipinski definition) is 2. The highest BCUT2D eigenvalue weighted by molar-refractivity contribution is 7.89. The van der Waals surface area contributed by atoms with Gasteiger partial charge < -0.3 is 5.32 Å². The van der Waals surface area contributed by atoms with Gasteiger partial charge in [-0.2, -0.15) is 0 Å². The molecule has 0 saturated heterocycles. The lowest BCUT2D eigenvalue weighted by molar-refractivity contribution is 0.566. The Bertz CT molecular complexity index is 689. The molecule has 1 unspecified atom stereocenters. The zero-order valence-electron chi connectivity index (χ0n) is 11.9. The first-order valence-electron chi connectivity index (χ1n) is 6.64. The lowest BCUT2D eigenvalue weighted by atomic mass is 10.1. The third-order valence-corrected chi connectivity index (χ3v) is 4.55. The van der Waals surface area contributed by atoms with E-state index in [1.807, 2.05) is 6.92 Å². The van der Waals surface area contributed by atoms with E-state index in [9.17, 15) is 8.42 Å². The third-order valence-electron chi connectivity index (χ3n) is 2.98. The molecule has 2 N–H and O–H groups in total. The summed E-state index contributed by atoms with van der Waals surface area (Å²) in [6.45, 7) is 4.33. The minimum Gasteiger partial charge on any atom is -0.384 e. The van der Waals surface area contributed by atoms with Crippen LogP contribution in [0.25, 0.3) is 0 Å². The molecule has 0 spiro atoms. The van der Waals surface area contributed by atoms with Crippen molar-refractivity contribution in [3.63, 3.8) is 0 Å². The van der Waals surface area contributed by atoms with E-state index < -0.39 is 10.0 Å². The smallest absolute Gasteiger partial charge is 0.244 e. The maximum atomic E-state index is 12.5. The van der Waals surface area contributed by atoms with Crippen LogP contribution >= 0.6 is 0 Å². The van der Waals surface area contributed by atoms with Crippen molar-refractivity contribution in [2.24, 2.45) is 0 Å². The molecule has 0 aliphatic rings. The second-order valence-electron chi connectivity index (χ2n) is 4.53. The molecule has 0 aliphatic heterocycles. The summed E-state index contributed by atoms with van der Waals surface area (Å²) in [5, 5.41) is 3.03. The van der Waals surface area contributed by atoms with Gasteiger partial charge in [0.25, 0.3) is 0 Å². The van der Waals surface area contributed by atoms with Gasteiger partial charge in [0.15, 0.2) is 0 Å². The van der Waals surface area contributed by atoms with Crippen LogP contribution in [0.1, 0.15) is 25.5 Å². The monoisotopic (exact) mass is 306 g/mol. The topological polar surface area (TPSA) is 84.0 Å². The van der Waals surface area contributed by atoms with Crippen LogP contribution in [-0.2, 0) is 10.0 Å². The first-order valence-corrected chi connectivity index (χ1v) is 8.13. The van der Waals surface area contributed by atoms with Crippen molar-refractivity contribution in [3.8, 4) is 0 Å². The number of rotatable bonds is 6. The number of nitrogens with one attached hydrogen (secondary N) is 2. The molecule has 0 amide bonds. The van der Waals surface area contributed by atoms with E-state index in [1.165, 1.54) is 6.20 Å². The summed E-state index contributed by atoms with van der Waals surface area (Å²) in [6, 6.07) is 4.85. The second-order valence-corrected chi connectivity index (χ2v) is 6.21. The number of anilines is 1. The zero-order chi connectivity index (χ0) is 15.3. The Hall–Kier alpha value is -1.99. The van der Waals surface area contributed by atoms with Crippen molar-refractivity contribution >= 4 is 15.7 Å². The summed E-state index contributed by atoms with van der Waals surface area (Å²) >= 11 is 0. The molecule has 0 saturated carbocycles. The highest BCUT2D eigenvalue weighted by Gasteiger charge is 2.21. The fourth-order valence-corrected chi connectivity index (χ4v) is 3.30. The predicted molar refractivity (Wildman–Crippen MR) is 81.4 cm³/mol. The Labute approximate surface area is 124 Å². The van der Waals surface area contributed by atoms with Crippen molar-refractivity contribution in [2.75, 3.05) is 11.9 Å². The number of aromatic nitrogens is 2. The minimum absolute atomic E-state index is 0.146. The first-order chi connectivity index (χ1) is 10.0. The van der Waals surface area contributed by atoms with Crippen LogP contribution in [0.5, 0.6) is 0 Å². The normalized spacial score (nSPS) is 12.9. The van der Waals surface area contributed by atoms with Crippen molar-refractivity contribution in [3.05, 3.63) is 48.5 Å². The second kappa shape index (κ2) is 6.64. The molecule has 0 aliphatic carbocycles. The molecule has 0 fully saturated rings. The Morgan fingerprint density at radius 1 is 1.14 bits per heavy atom. The van der Waals surface area contributed by atoms with E-state index in [1.54, 1.807) is 43.7 Å². The van der Waals surface area contributed by atoms with Crippen LogP contribution in [0, 0.1) is 0 Å². The van der Waals surface area contributed by atoms with E-state index >= 15 is 0 Å². The van der Waals surface area contributed by atoms with Crippen LogP contribution < -0.4 is 10.0 Å². The van der Waals surface area contributed by atoms with Crippen molar-refractivity contribution in [1.29, 1.82) is 0 Å².